The molecule has 1 aliphatic rings. The summed E-state index contributed by atoms with van der Waals surface area (Å²) in [6, 6.07) is 7.46. The van der Waals surface area contributed by atoms with Crippen molar-refractivity contribution >= 4 is 17.6 Å². The minimum absolute atomic E-state index is 0.143. The monoisotopic (exact) mass is 297 g/mol. The van der Waals surface area contributed by atoms with Gasteiger partial charge in [-0.3, -0.25) is 9.69 Å². The molecule has 1 aromatic carbocycles. The molecule has 1 fully saturated rings. The lowest BCUT2D eigenvalue weighted by atomic mass is 9.99. The van der Waals surface area contributed by atoms with Gasteiger partial charge in [-0.15, -0.1) is 0 Å². The predicted octanol–water partition coefficient (Wildman–Crippen LogP) is 3.05. The summed E-state index contributed by atoms with van der Waals surface area (Å²) in [5, 5.41) is 9.60. The van der Waals surface area contributed by atoms with Crippen LogP contribution in [0.15, 0.2) is 24.3 Å². The van der Waals surface area contributed by atoms with E-state index in [1.807, 2.05) is 18.2 Å². The number of carboxylic acid groups (broad SMARTS) is 1. The number of hydrogen-bond acceptors (Lipinski definition) is 3. The Kier molecular flexibility index (Phi) is 5.68. The Morgan fingerprint density at radius 1 is 1.45 bits per heavy atom. The summed E-state index contributed by atoms with van der Waals surface area (Å²) >= 11 is 5.90. The quantitative estimate of drug-likeness (QED) is 0.877. The molecule has 1 saturated heterocycles. The van der Waals surface area contributed by atoms with E-state index in [2.05, 4.69) is 4.90 Å². The van der Waals surface area contributed by atoms with E-state index in [0.29, 0.717) is 11.6 Å². The third-order valence-corrected chi connectivity index (χ3v) is 3.84. The number of rotatable bonds is 6. The predicted molar refractivity (Wildman–Crippen MR) is 78.4 cm³/mol. The number of piperidine rings is 1. The fourth-order valence-corrected chi connectivity index (χ4v) is 2.80. The molecule has 1 atom stereocenters. The second kappa shape index (κ2) is 7.50. The molecule has 0 amide bonds. The van der Waals surface area contributed by atoms with Crippen molar-refractivity contribution in [2.75, 3.05) is 19.7 Å². The van der Waals surface area contributed by atoms with Gasteiger partial charge in [-0.25, -0.2) is 0 Å². The summed E-state index contributed by atoms with van der Waals surface area (Å²) in [5.41, 5.74) is 0. The molecular weight excluding hydrogens is 278 g/mol. The van der Waals surface area contributed by atoms with Crippen molar-refractivity contribution in [2.45, 2.75) is 31.7 Å². The highest BCUT2D eigenvalue weighted by molar-refractivity contribution is 6.30. The summed E-state index contributed by atoms with van der Waals surface area (Å²) in [4.78, 5) is 13.1. The Morgan fingerprint density at radius 3 is 3.05 bits per heavy atom. The number of carbonyl (C=O) groups is 1. The number of aliphatic carboxylic acids is 1. The van der Waals surface area contributed by atoms with Crippen LogP contribution in [-0.4, -0.2) is 41.7 Å². The zero-order valence-electron chi connectivity index (χ0n) is 11.4. The first-order valence-corrected chi connectivity index (χ1v) is 7.37. The van der Waals surface area contributed by atoms with E-state index in [1.54, 1.807) is 6.07 Å². The van der Waals surface area contributed by atoms with E-state index in [0.717, 1.165) is 38.1 Å². The number of likely N-dealkylation sites (tertiary alicyclic amines) is 1. The number of halogens is 1. The molecule has 5 heteroatoms. The minimum atomic E-state index is -0.724. The number of nitrogens with zero attached hydrogens (tertiary/aromatic N) is 1. The highest BCUT2D eigenvalue weighted by Crippen LogP contribution is 2.20. The smallest absolute Gasteiger partial charge is 0.304 e. The molecule has 4 nitrogen and oxygen atoms in total. The number of ether oxygens (including phenoxy) is 1. The van der Waals surface area contributed by atoms with Gasteiger partial charge in [0, 0.05) is 17.6 Å². The maximum absolute atomic E-state index is 10.9. The molecule has 0 saturated carbocycles. The average Bonchev–Trinajstić information content (AvgIpc) is 2.40. The lowest BCUT2D eigenvalue weighted by molar-refractivity contribution is -0.138. The molecule has 110 valence electrons. The van der Waals surface area contributed by atoms with Crippen LogP contribution in [-0.2, 0) is 4.79 Å². The fourth-order valence-electron chi connectivity index (χ4n) is 2.62. The van der Waals surface area contributed by atoms with Gasteiger partial charge in [-0.2, -0.15) is 0 Å². The Bertz CT molecular complexity index is 452. The van der Waals surface area contributed by atoms with E-state index < -0.39 is 5.97 Å². The molecule has 0 spiro atoms. The highest BCUT2D eigenvalue weighted by atomic mass is 35.5. The van der Waals surface area contributed by atoms with Gasteiger partial charge in [-0.05, 0) is 37.6 Å². The van der Waals surface area contributed by atoms with Crippen LogP contribution in [0.3, 0.4) is 0 Å². The second-order valence-electron chi connectivity index (χ2n) is 5.09. The van der Waals surface area contributed by atoms with Gasteiger partial charge >= 0.3 is 5.97 Å². The van der Waals surface area contributed by atoms with Crippen LogP contribution in [0.5, 0.6) is 5.75 Å². The van der Waals surface area contributed by atoms with Crippen LogP contribution in [0.25, 0.3) is 0 Å². The molecule has 0 radical (unpaired) electrons. The van der Waals surface area contributed by atoms with Gasteiger partial charge in [-0.1, -0.05) is 24.1 Å². The van der Waals surface area contributed by atoms with Gasteiger partial charge in [0.15, 0.2) is 0 Å². The molecule has 2 rings (SSSR count). The van der Waals surface area contributed by atoms with Crippen LogP contribution in [0.1, 0.15) is 25.7 Å². The first-order valence-electron chi connectivity index (χ1n) is 6.99. The third kappa shape index (κ3) is 4.69. The van der Waals surface area contributed by atoms with Gasteiger partial charge in [0.05, 0.1) is 6.42 Å². The highest BCUT2D eigenvalue weighted by Gasteiger charge is 2.24. The Hall–Kier alpha value is -1.26. The van der Waals surface area contributed by atoms with Crippen LogP contribution >= 0.6 is 11.6 Å². The molecular formula is C15H20ClNO3. The summed E-state index contributed by atoms with van der Waals surface area (Å²) in [7, 11) is 0. The van der Waals surface area contributed by atoms with Crippen LogP contribution in [0.2, 0.25) is 5.02 Å². The van der Waals surface area contributed by atoms with Crippen molar-refractivity contribution in [1.29, 1.82) is 0 Å². The molecule has 0 bridgehead atoms. The molecule has 1 heterocycles. The first-order chi connectivity index (χ1) is 9.65. The summed E-state index contributed by atoms with van der Waals surface area (Å²) < 4.78 is 5.67. The molecule has 1 aromatic rings. The lowest BCUT2D eigenvalue weighted by Gasteiger charge is -2.34. The van der Waals surface area contributed by atoms with Gasteiger partial charge in [0.1, 0.15) is 12.4 Å². The van der Waals surface area contributed by atoms with Crippen molar-refractivity contribution in [1.82, 2.24) is 4.90 Å². The summed E-state index contributed by atoms with van der Waals surface area (Å²) in [6.45, 7) is 2.26. The van der Waals surface area contributed by atoms with E-state index in [-0.39, 0.29) is 12.5 Å². The van der Waals surface area contributed by atoms with Gasteiger partial charge in [0.2, 0.25) is 0 Å². The molecule has 0 aliphatic carbocycles. The van der Waals surface area contributed by atoms with Crippen molar-refractivity contribution in [3.63, 3.8) is 0 Å². The van der Waals surface area contributed by atoms with Gasteiger partial charge in [0.25, 0.3) is 0 Å². The van der Waals surface area contributed by atoms with E-state index in [9.17, 15) is 4.79 Å². The maximum Gasteiger partial charge on any atom is 0.304 e. The average molecular weight is 298 g/mol. The van der Waals surface area contributed by atoms with Gasteiger partial charge < -0.3 is 9.84 Å². The summed E-state index contributed by atoms with van der Waals surface area (Å²) in [6.07, 6.45) is 3.43. The van der Waals surface area contributed by atoms with Crippen LogP contribution in [0, 0.1) is 0 Å². The zero-order valence-corrected chi connectivity index (χ0v) is 12.2. The molecule has 1 aliphatic heterocycles. The third-order valence-electron chi connectivity index (χ3n) is 3.60. The molecule has 0 aromatic heterocycles. The zero-order chi connectivity index (χ0) is 14.4. The maximum atomic E-state index is 10.9. The van der Waals surface area contributed by atoms with E-state index >= 15 is 0 Å². The Labute approximate surface area is 124 Å². The van der Waals surface area contributed by atoms with Crippen molar-refractivity contribution < 1.29 is 14.6 Å². The van der Waals surface area contributed by atoms with E-state index in [4.69, 9.17) is 21.4 Å². The van der Waals surface area contributed by atoms with Crippen molar-refractivity contribution in [2.24, 2.45) is 0 Å². The standard InChI is InChI=1S/C15H20ClNO3/c16-12-4-3-6-14(10-12)20-9-8-17-7-2-1-5-13(17)11-15(18)19/h3-4,6,10,13H,1-2,5,7-9,11H2,(H,18,19). The Balaban J connectivity index is 1.80. The van der Waals surface area contributed by atoms with Crippen molar-refractivity contribution in [3.05, 3.63) is 29.3 Å². The molecule has 1 N–H and O–H groups in total. The van der Waals surface area contributed by atoms with Crippen LogP contribution in [0.4, 0.5) is 0 Å². The van der Waals surface area contributed by atoms with E-state index in [1.165, 1.54) is 0 Å². The molecule has 1 unspecified atom stereocenters. The Morgan fingerprint density at radius 2 is 2.30 bits per heavy atom. The number of hydrogen-bond donors (Lipinski definition) is 1. The number of carboxylic acids is 1. The fraction of sp³-hybridized carbons (Fsp3) is 0.533. The van der Waals surface area contributed by atoms with Crippen LogP contribution < -0.4 is 4.74 Å². The SMILES string of the molecule is O=C(O)CC1CCCCN1CCOc1cccc(Cl)c1. The normalized spacial score (nSPS) is 19.8. The topological polar surface area (TPSA) is 49.8 Å². The first kappa shape index (κ1) is 15.1. The molecule has 20 heavy (non-hydrogen) atoms. The van der Waals surface area contributed by atoms with Crippen molar-refractivity contribution in [3.8, 4) is 5.75 Å². The number of benzene rings is 1. The lowest BCUT2D eigenvalue weighted by Crippen LogP contribution is -2.42. The second-order valence-corrected chi connectivity index (χ2v) is 5.53. The minimum Gasteiger partial charge on any atom is -0.492 e. The summed E-state index contributed by atoms with van der Waals surface area (Å²) in [5.74, 6) is 0.0296. The largest absolute Gasteiger partial charge is 0.492 e.